The van der Waals surface area contributed by atoms with Gasteiger partial charge in [-0.1, -0.05) is 0 Å². The number of nitrogens with zero attached hydrogens (tertiary/aromatic N) is 2. The SMILES string of the molecule is CN=C(NCCOc1ccc(OC)cc1)NCC1(N2CCCC2)CCOCC1. The van der Waals surface area contributed by atoms with Gasteiger partial charge in [0.05, 0.1) is 13.7 Å². The van der Waals surface area contributed by atoms with Crippen LogP contribution in [-0.4, -0.2) is 76.6 Å². The monoisotopic (exact) mass is 390 g/mol. The summed E-state index contributed by atoms with van der Waals surface area (Å²) < 4.78 is 16.6. The van der Waals surface area contributed by atoms with Crippen LogP contribution in [0.4, 0.5) is 0 Å². The largest absolute Gasteiger partial charge is 0.497 e. The highest BCUT2D eigenvalue weighted by atomic mass is 16.5. The molecule has 0 unspecified atom stereocenters. The number of nitrogens with one attached hydrogen (secondary N) is 2. The summed E-state index contributed by atoms with van der Waals surface area (Å²) >= 11 is 0. The third kappa shape index (κ3) is 5.52. The molecule has 0 radical (unpaired) electrons. The molecule has 2 aliphatic rings. The molecule has 2 heterocycles. The number of rotatable bonds is 8. The minimum Gasteiger partial charge on any atom is -0.497 e. The van der Waals surface area contributed by atoms with Crippen molar-refractivity contribution >= 4 is 5.96 Å². The normalized spacial score (nSPS) is 20.0. The van der Waals surface area contributed by atoms with E-state index in [1.165, 1.54) is 25.9 Å². The van der Waals surface area contributed by atoms with Gasteiger partial charge in [0.15, 0.2) is 5.96 Å². The molecule has 28 heavy (non-hydrogen) atoms. The van der Waals surface area contributed by atoms with Crippen molar-refractivity contribution in [3.05, 3.63) is 24.3 Å². The van der Waals surface area contributed by atoms with Gasteiger partial charge in [-0.25, -0.2) is 0 Å². The predicted molar refractivity (Wildman–Crippen MR) is 111 cm³/mol. The maximum absolute atomic E-state index is 5.77. The molecule has 7 nitrogen and oxygen atoms in total. The molecule has 0 atom stereocenters. The Morgan fingerprint density at radius 2 is 1.79 bits per heavy atom. The molecule has 0 bridgehead atoms. The number of guanidine groups is 1. The van der Waals surface area contributed by atoms with Gasteiger partial charge in [-0.05, 0) is 63.0 Å². The fourth-order valence-electron chi connectivity index (χ4n) is 4.03. The fraction of sp³-hybridized carbons (Fsp3) is 0.667. The van der Waals surface area contributed by atoms with Crippen molar-refractivity contribution in [2.24, 2.45) is 4.99 Å². The molecule has 7 heteroatoms. The van der Waals surface area contributed by atoms with Crippen molar-refractivity contribution < 1.29 is 14.2 Å². The van der Waals surface area contributed by atoms with Crippen LogP contribution in [-0.2, 0) is 4.74 Å². The molecule has 0 amide bonds. The highest BCUT2D eigenvalue weighted by Crippen LogP contribution is 2.30. The van der Waals surface area contributed by atoms with Crippen LogP contribution < -0.4 is 20.1 Å². The fourth-order valence-corrected chi connectivity index (χ4v) is 4.03. The number of hydrogen-bond donors (Lipinski definition) is 2. The molecule has 3 rings (SSSR count). The first kappa shape index (κ1) is 20.7. The van der Waals surface area contributed by atoms with Gasteiger partial charge >= 0.3 is 0 Å². The third-order valence-corrected chi connectivity index (χ3v) is 5.73. The Balaban J connectivity index is 1.43. The average molecular weight is 391 g/mol. The summed E-state index contributed by atoms with van der Waals surface area (Å²) in [6.07, 6.45) is 4.77. The molecule has 2 fully saturated rings. The molecule has 0 saturated carbocycles. The Hall–Kier alpha value is -1.99. The highest BCUT2D eigenvalue weighted by Gasteiger charge is 2.39. The summed E-state index contributed by atoms with van der Waals surface area (Å²) in [6, 6.07) is 7.62. The lowest BCUT2D eigenvalue weighted by molar-refractivity contribution is -0.0164. The summed E-state index contributed by atoms with van der Waals surface area (Å²) in [4.78, 5) is 7.03. The van der Waals surface area contributed by atoms with E-state index in [1.54, 1.807) is 7.11 Å². The van der Waals surface area contributed by atoms with E-state index in [1.807, 2.05) is 31.3 Å². The van der Waals surface area contributed by atoms with E-state index in [2.05, 4.69) is 20.5 Å². The first-order chi connectivity index (χ1) is 13.8. The number of aliphatic imine (C=N–C) groups is 1. The quantitative estimate of drug-likeness (QED) is 0.401. The van der Waals surface area contributed by atoms with Crippen molar-refractivity contribution in [2.75, 3.05) is 60.2 Å². The van der Waals surface area contributed by atoms with Crippen molar-refractivity contribution in [3.63, 3.8) is 0 Å². The smallest absolute Gasteiger partial charge is 0.191 e. The Morgan fingerprint density at radius 1 is 1.11 bits per heavy atom. The second-order valence-corrected chi connectivity index (χ2v) is 7.41. The van der Waals surface area contributed by atoms with Crippen LogP contribution in [0.1, 0.15) is 25.7 Å². The number of ether oxygens (including phenoxy) is 3. The van der Waals surface area contributed by atoms with E-state index in [4.69, 9.17) is 14.2 Å². The van der Waals surface area contributed by atoms with E-state index in [-0.39, 0.29) is 5.54 Å². The zero-order valence-electron chi connectivity index (χ0n) is 17.2. The highest BCUT2D eigenvalue weighted by molar-refractivity contribution is 5.79. The molecule has 1 aromatic rings. The van der Waals surface area contributed by atoms with Crippen molar-refractivity contribution in [1.29, 1.82) is 0 Å². The molecule has 2 aliphatic heterocycles. The molecule has 2 N–H and O–H groups in total. The summed E-state index contributed by atoms with van der Waals surface area (Å²) in [5.74, 6) is 2.49. The van der Waals surface area contributed by atoms with Crippen LogP contribution >= 0.6 is 0 Å². The average Bonchev–Trinajstić information content (AvgIpc) is 3.30. The first-order valence-electron chi connectivity index (χ1n) is 10.3. The lowest BCUT2D eigenvalue weighted by Crippen LogP contribution is -2.58. The van der Waals surface area contributed by atoms with Gasteiger partial charge in [-0.3, -0.25) is 9.89 Å². The first-order valence-corrected chi connectivity index (χ1v) is 10.3. The maximum atomic E-state index is 5.77. The topological polar surface area (TPSA) is 67.4 Å². The van der Waals surface area contributed by atoms with E-state index >= 15 is 0 Å². The van der Waals surface area contributed by atoms with Crippen molar-refractivity contribution in [3.8, 4) is 11.5 Å². The molecular weight excluding hydrogens is 356 g/mol. The number of likely N-dealkylation sites (tertiary alicyclic amines) is 1. The lowest BCUT2D eigenvalue weighted by Gasteiger charge is -2.45. The van der Waals surface area contributed by atoms with Crippen LogP contribution in [0.2, 0.25) is 0 Å². The molecule has 1 aromatic carbocycles. The van der Waals surface area contributed by atoms with E-state index < -0.39 is 0 Å². The summed E-state index contributed by atoms with van der Waals surface area (Å²) in [5, 5.41) is 6.89. The Morgan fingerprint density at radius 3 is 2.43 bits per heavy atom. The molecule has 0 aliphatic carbocycles. The van der Waals surface area contributed by atoms with Gasteiger partial charge in [0.1, 0.15) is 18.1 Å². The van der Waals surface area contributed by atoms with Crippen LogP contribution in [0.15, 0.2) is 29.3 Å². The zero-order chi connectivity index (χ0) is 19.7. The van der Waals surface area contributed by atoms with E-state index in [9.17, 15) is 0 Å². The molecule has 0 spiro atoms. The van der Waals surface area contributed by atoms with Crippen LogP contribution in [0, 0.1) is 0 Å². The van der Waals surface area contributed by atoms with Crippen LogP contribution in [0.25, 0.3) is 0 Å². The lowest BCUT2D eigenvalue weighted by atomic mass is 9.88. The van der Waals surface area contributed by atoms with Gasteiger partial charge in [0, 0.05) is 32.3 Å². The van der Waals surface area contributed by atoms with E-state index in [0.29, 0.717) is 13.2 Å². The zero-order valence-corrected chi connectivity index (χ0v) is 17.2. The maximum Gasteiger partial charge on any atom is 0.191 e. The summed E-state index contributed by atoms with van der Waals surface area (Å²) in [6.45, 7) is 6.24. The van der Waals surface area contributed by atoms with Gasteiger partial charge in [0.2, 0.25) is 0 Å². The summed E-state index contributed by atoms with van der Waals surface area (Å²) in [5.41, 5.74) is 0.186. The predicted octanol–water partition coefficient (Wildman–Crippen LogP) is 1.88. The minimum atomic E-state index is 0.186. The van der Waals surface area contributed by atoms with Gasteiger partial charge in [0.25, 0.3) is 0 Å². The molecular formula is C21H34N4O3. The number of methoxy groups -OCH3 is 1. The molecule has 2 saturated heterocycles. The Bertz CT molecular complexity index is 609. The van der Waals surface area contributed by atoms with Crippen molar-refractivity contribution in [2.45, 2.75) is 31.2 Å². The number of benzene rings is 1. The minimum absolute atomic E-state index is 0.186. The second kappa shape index (κ2) is 10.5. The third-order valence-electron chi connectivity index (χ3n) is 5.73. The number of hydrogen-bond acceptors (Lipinski definition) is 5. The Kier molecular flexibility index (Phi) is 7.80. The van der Waals surface area contributed by atoms with Crippen molar-refractivity contribution in [1.82, 2.24) is 15.5 Å². The van der Waals surface area contributed by atoms with E-state index in [0.717, 1.165) is 50.1 Å². The Labute approximate surface area is 168 Å². The molecule has 0 aromatic heterocycles. The van der Waals surface area contributed by atoms with Gasteiger partial charge < -0.3 is 24.8 Å². The second-order valence-electron chi connectivity index (χ2n) is 7.41. The van der Waals surface area contributed by atoms with Gasteiger partial charge in [-0.15, -0.1) is 0 Å². The molecule has 156 valence electrons. The van der Waals surface area contributed by atoms with Crippen LogP contribution in [0.5, 0.6) is 11.5 Å². The standard InChI is InChI=1S/C21H34N4O3/c1-22-20(23-11-16-28-19-7-5-18(26-2)6-8-19)24-17-21(9-14-27-15-10-21)25-12-3-4-13-25/h5-8H,3-4,9-17H2,1-2H3,(H2,22,23,24). The summed E-state index contributed by atoms with van der Waals surface area (Å²) in [7, 11) is 3.47. The van der Waals surface area contributed by atoms with Crippen LogP contribution in [0.3, 0.4) is 0 Å². The van der Waals surface area contributed by atoms with Gasteiger partial charge in [-0.2, -0.15) is 0 Å².